The van der Waals surface area contributed by atoms with Gasteiger partial charge in [-0.15, -0.1) is 0 Å². The van der Waals surface area contributed by atoms with Crippen LogP contribution in [0.4, 0.5) is 13.2 Å². The predicted octanol–water partition coefficient (Wildman–Crippen LogP) is 2.01. The highest BCUT2D eigenvalue weighted by Gasteiger charge is 2.44. The lowest BCUT2D eigenvalue weighted by molar-refractivity contribution is -0.0510. The molecule has 0 amide bonds. The fourth-order valence-electron chi connectivity index (χ4n) is 1.03. The Kier molecular flexibility index (Phi) is 5.27. The van der Waals surface area contributed by atoms with E-state index in [1.807, 2.05) is 0 Å². The smallest absolute Gasteiger partial charge is 0.380 e. The lowest BCUT2D eigenvalue weighted by Gasteiger charge is -2.02. The first kappa shape index (κ1) is 15.2. The highest BCUT2D eigenvalue weighted by molar-refractivity contribution is 7.86. The van der Waals surface area contributed by atoms with E-state index in [1.54, 1.807) is 5.57 Å². The summed E-state index contributed by atoms with van der Waals surface area (Å²) < 4.78 is 57.5. The van der Waals surface area contributed by atoms with Gasteiger partial charge in [0.25, 0.3) is 0 Å². The minimum atomic E-state index is -5.84. The van der Waals surface area contributed by atoms with Crippen molar-refractivity contribution < 1.29 is 26.1 Å². The molecule has 1 rings (SSSR count). The molecule has 0 radical (unpaired) electrons. The highest BCUT2D eigenvalue weighted by Crippen LogP contribution is 2.20. The predicted molar refractivity (Wildman–Crippen MR) is 53.2 cm³/mol. The second-order valence-electron chi connectivity index (χ2n) is 3.29. The molecule has 0 atom stereocenters. The monoisotopic (exact) mass is 261 g/mol. The average Bonchev–Trinajstić information content (AvgIpc) is 2.48. The Morgan fingerprint density at radius 3 is 2.06 bits per heavy atom. The molecule has 4 nitrogen and oxygen atoms in total. The van der Waals surface area contributed by atoms with Crippen molar-refractivity contribution in [3.8, 4) is 0 Å². The van der Waals surface area contributed by atoms with Crippen LogP contribution in [-0.2, 0) is 10.1 Å². The molecule has 0 saturated heterocycles. The lowest BCUT2D eigenvalue weighted by Crippen LogP contribution is -2.21. The Labute approximate surface area is 92.5 Å². The standard InChI is InChI=1S/C7H13N.CHF3O3S/c1-3-7-4-5-8(2)6-7;2-1(3,4)8(5,6)7/h6H,3-5H2,1-2H3;(H,5,6,7). The van der Waals surface area contributed by atoms with Crippen molar-refractivity contribution in [1.29, 1.82) is 0 Å². The molecule has 1 heterocycles. The molecule has 1 N–H and O–H groups in total. The zero-order valence-electron chi connectivity index (χ0n) is 8.95. The van der Waals surface area contributed by atoms with Crippen LogP contribution >= 0.6 is 0 Å². The molecule has 0 fully saturated rings. The SMILES string of the molecule is CCC1=CN(C)CC1.O=S(=O)(O)C(F)(F)F. The molecule has 8 heteroatoms. The fraction of sp³-hybridized carbons (Fsp3) is 0.750. The van der Waals surface area contributed by atoms with Crippen LogP contribution in [0.25, 0.3) is 0 Å². The molecular weight excluding hydrogens is 247 g/mol. The third-order valence-corrected chi connectivity index (χ3v) is 2.52. The van der Waals surface area contributed by atoms with E-state index in [0.29, 0.717) is 0 Å². The molecule has 1 aliphatic rings. The maximum atomic E-state index is 10.7. The average molecular weight is 261 g/mol. The molecule has 96 valence electrons. The van der Waals surface area contributed by atoms with E-state index in [2.05, 4.69) is 25.1 Å². The van der Waals surface area contributed by atoms with Gasteiger partial charge in [-0.25, -0.2) is 0 Å². The van der Waals surface area contributed by atoms with Crippen LogP contribution in [0, 0.1) is 0 Å². The van der Waals surface area contributed by atoms with Gasteiger partial charge >= 0.3 is 15.6 Å². The van der Waals surface area contributed by atoms with Crippen LogP contribution in [0.15, 0.2) is 11.8 Å². The summed E-state index contributed by atoms with van der Waals surface area (Å²) in [6, 6.07) is 0. The summed E-state index contributed by atoms with van der Waals surface area (Å²) in [5.74, 6) is 0. The lowest BCUT2D eigenvalue weighted by atomic mass is 10.2. The summed E-state index contributed by atoms with van der Waals surface area (Å²) in [4.78, 5) is 2.25. The summed E-state index contributed by atoms with van der Waals surface area (Å²) >= 11 is 0. The molecule has 16 heavy (non-hydrogen) atoms. The maximum absolute atomic E-state index is 10.7. The van der Waals surface area contributed by atoms with Gasteiger partial charge < -0.3 is 4.90 Å². The Hall–Kier alpha value is -0.760. The molecule has 0 aromatic heterocycles. The van der Waals surface area contributed by atoms with Crippen LogP contribution in [0.1, 0.15) is 19.8 Å². The quantitative estimate of drug-likeness (QED) is 0.579. The molecule has 0 aromatic rings. The molecular formula is C8H14F3NO3S. The van der Waals surface area contributed by atoms with Crippen molar-refractivity contribution in [3.05, 3.63) is 11.8 Å². The van der Waals surface area contributed by atoms with Crippen LogP contribution in [0.5, 0.6) is 0 Å². The highest BCUT2D eigenvalue weighted by atomic mass is 32.2. The number of nitrogens with zero attached hydrogens (tertiary/aromatic N) is 1. The van der Waals surface area contributed by atoms with Gasteiger partial charge in [-0.1, -0.05) is 12.5 Å². The molecule has 0 spiro atoms. The second-order valence-corrected chi connectivity index (χ2v) is 4.71. The first-order chi connectivity index (χ1) is 7.08. The van der Waals surface area contributed by atoms with Crippen molar-refractivity contribution in [2.45, 2.75) is 25.3 Å². The van der Waals surface area contributed by atoms with Gasteiger partial charge in [0, 0.05) is 13.6 Å². The number of hydrogen-bond donors (Lipinski definition) is 1. The topological polar surface area (TPSA) is 57.6 Å². The van der Waals surface area contributed by atoms with Gasteiger partial charge in [0.15, 0.2) is 0 Å². The molecule has 0 saturated carbocycles. The van der Waals surface area contributed by atoms with Crippen LogP contribution in [0.2, 0.25) is 0 Å². The van der Waals surface area contributed by atoms with Gasteiger partial charge in [0.2, 0.25) is 0 Å². The van der Waals surface area contributed by atoms with Crippen LogP contribution < -0.4 is 0 Å². The van der Waals surface area contributed by atoms with E-state index < -0.39 is 15.6 Å². The minimum Gasteiger partial charge on any atom is -0.380 e. The summed E-state index contributed by atoms with van der Waals surface area (Å²) in [5, 5.41) is 0. The zero-order valence-corrected chi connectivity index (χ0v) is 9.77. The maximum Gasteiger partial charge on any atom is 0.522 e. The number of halogens is 3. The van der Waals surface area contributed by atoms with E-state index in [4.69, 9.17) is 13.0 Å². The number of hydrogen-bond acceptors (Lipinski definition) is 3. The second kappa shape index (κ2) is 5.53. The van der Waals surface area contributed by atoms with Gasteiger partial charge in [0.05, 0.1) is 0 Å². The Morgan fingerprint density at radius 2 is 1.94 bits per heavy atom. The van der Waals surface area contributed by atoms with E-state index in [9.17, 15) is 13.2 Å². The van der Waals surface area contributed by atoms with E-state index >= 15 is 0 Å². The largest absolute Gasteiger partial charge is 0.522 e. The Morgan fingerprint density at radius 1 is 1.50 bits per heavy atom. The third-order valence-electron chi connectivity index (χ3n) is 1.94. The molecule has 0 bridgehead atoms. The Balaban J connectivity index is 0.000000281. The normalized spacial score (nSPS) is 16.6. The molecule has 0 aliphatic carbocycles. The van der Waals surface area contributed by atoms with Gasteiger partial charge in [0.1, 0.15) is 0 Å². The van der Waals surface area contributed by atoms with Crippen LogP contribution in [-0.4, -0.2) is 37.0 Å². The van der Waals surface area contributed by atoms with E-state index in [0.717, 1.165) is 0 Å². The van der Waals surface area contributed by atoms with Crippen molar-refractivity contribution in [3.63, 3.8) is 0 Å². The summed E-state index contributed by atoms with van der Waals surface area (Å²) in [5.41, 5.74) is -3.94. The van der Waals surface area contributed by atoms with E-state index in [1.165, 1.54) is 19.4 Å². The minimum absolute atomic E-state index is 1.23. The number of rotatable bonds is 1. The van der Waals surface area contributed by atoms with Gasteiger partial charge in [-0.05, 0) is 19.0 Å². The summed E-state index contributed by atoms with van der Waals surface area (Å²) in [6.07, 6.45) is 4.76. The van der Waals surface area contributed by atoms with E-state index in [-0.39, 0.29) is 0 Å². The van der Waals surface area contributed by atoms with Crippen LogP contribution in [0.3, 0.4) is 0 Å². The Bertz CT molecular complexity index is 348. The summed E-state index contributed by atoms with van der Waals surface area (Å²) in [7, 11) is -3.71. The fourth-order valence-corrected chi connectivity index (χ4v) is 1.03. The summed E-state index contributed by atoms with van der Waals surface area (Å²) in [6.45, 7) is 3.44. The molecule has 0 aromatic carbocycles. The third kappa shape index (κ3) is 5.36. The van der Waals surface area contributed by atoms with Gasteiger partial charge in [-0.3, -0.25) is 4.55 Å². The van der Waals surface area contributed by atoms with Crippen molar-refractivity contribution >= 4 is 10.1 Å². The number of alkyl halides is 3. The van der Waals surface area contributed by atoms with Crippen molar-refractivity contribution in [1.82, 2.24) is 4.90 Å². The van der Waals surface area contributed by atoms with Crippen molar-refractivity contribution in [2.24, 2.45) is 0 Å². The molecule has 1 aliphatic heterocycles. The zero-order chi connectivity index (χ0) is 13.0. The first-order valence-electron chi connectivity index (χ1n) is 4.51. The molecule has 0 unspecified atom stereocenters. The van der Waals surface area contributed by atoms with Gasteiger partial charge in [-0.2, -0.15) is 21.6 Å². The first-order valence-corrected chi connectivity index (χ1v) is 5.95. The van der Waals surface area contributed by atoms with Crippen molar-refractivity contribution in [2.75, 3.05) is 13.6 Å².